The molecule has 0 aliphatic carbocycles. The van der Waals surface area contributed by atoms with Gasteiger partial charge in [0.15, 0.2) is 0 Å². The van der Waals surface area contributed by atoms with E-state index in [9.17, 15) is 0 Å². The molecule has 0 radical (unpaired) electrons. The fraction of sp³-hybridized carbons (Fsp3) is 0.444. The Morgan fingerprint density at radius 1 is 1.31 bits per heavy atom. The molecule has 1 aromatic heterocycles. The Morgan fingerprint density at radius 3 is 2.46 bits per heavy atom. The molecule has 2 nitrogen and oxygen atoms in total. The lowest BCUT2D eigenvalue weighted by Crippen LogP contribution is -1.98. The van der Waals surface area contributed by atoms with Crippen molar-refractivity contribution in [2.24, 2.45) is 0 Å². The van der Waals surface area contributed by atoms with Crippen molar-refractivity contribution in [2.45, 2.75) is 19.8 Å². The van der Waals surface area contributed by atoms with Crippen molar-refractivity contribution in [3.8, 4) is 5.75 Å². The standard InChI is InChI=1S/C9H11I2NO/c1-2-3-4-13-7-5-8(10)12-9(11)6-7/h5-6H,2-4H2,1H3. The minimum absolute atomic E-state index is 0.798. The van der Waals surface area contributed by atoms with Crippen LogP contribution in [0, 0.1) is 7.40 Å². The summed E-state index contributed by atoms with van der Waals surface area (Å²) in [6, 6.07) is 3.91. The van der Waals surface area contributed by atoms with Crippen LogP contribution < -0.4 is 4.74 Å². The Balaban J connectivity index is 2.56. The zero-order chi connectivity index (χ0) is 9.68. The van der Waals surface area contributed by atoms with E-state index in [0.717, 1.165) is 26.2 Å². The lowest BCUT2D eigenvalue weighted by atomic mass is 10.3. The molecule has 0 spiro atoms. The smallest absolute Gasteiger partial charge is 0.124 e. The first-order valence-electron chi connectivity index (χ1n) is 4.18. The van der Waals surface area contributed by atoms with Crippen LogP contribution in [0.3, 0.4) is 0 Å². The number of halogens is 2. The van der Waals surface area contributed by atoms with Gasteiger partial charge in [-0.05, 0) is 51.6 Å². The van der Waals surface area contributed by atoms with Crippen molar-refractivity contribution in [2.75, 3.05) is 6.61 Å². The summed E-state index contributed by atoms with van der Waals surface area (Å²) in [5, 5.41) is 0. The molecule has 1 rings (SSSR count). The van der Waals surface area contributed by atoms with Gasteiger partial charge in [0.05, 0.1) is 6.61 Å². The Labute approximate surface area is 106 Å². The van der Waals surface area contributed by atoms with Crippen LogP contribution in [0.25, 0.3) is 0 Å². The molecule has 0 unspecified atom stereocenters. The lowest BCUT2D eigenvalue weighted by molar-refractivity contribution is 0.308. The van der Waals surface area contributed by atoms with Gasteiger partial charge in [0, 0.05) is 12.1 Å². The summed E-state index contributed by atoms with van der Waals surface area (Å²) < 4.78 is 7.52. The van der Waals surface area contributed by atoms with Gasteiger partial charge in [0.1, 0.15) is 13.2 Å². The summed E-state index contributed by atoms with van der Waals surface area (Å²) in [6.45, 7) is 2.95. The van der Waals surface area contributed by atoms with Crippen LogP contribution in [-0.4, -0.2) is 11.6 Å². The predicted molar refractivity (Wildman–Crippen MR) is 70.1 cm³/mol. The third-order valence-corrected chi connectivity index (χ3v) is 2.61. The maximum Gasteiger partial charge on any atom is 0.124 e. The largest absolute Gasteiger partial charge is 0.493 e. The van der Waals surface area contributed by atoms with Gasteiger partial charge in [-0.3, -0.25) is 0 Å². The number of pyridine rings is 1. The molecule has 0 fully saturated rings. The van der Waals surface area contributed by atoms with E-state index >= 15 is 0 Å². The van der Waals surface area contributed by atoms with Gasteiger partial charge in [0.2, 0.25) is 0 Å². The van der Waals surface area contributed by atoms with E-state index in [2.05, 4.69) is 57.1 Å². The van der Waals surface area contributed by atoms with Crippen LogP contribution in [-0.2, 0) is 0 Å². The van der Waals surface area contributed by atoms with E-state index in [1.54, 1.807) is 0 Å². The van der Waals surface area contributed by atoms with E-state index in [-0.39, 0.29) is 0 Å². The Morgan fingerprint density at radius 2 is 1.92 bits per heavy atom. The summed E-state index contributed by atoms with van der Waals surface area (Å²) in [6.07, 6.45) is 2.27. The van der Waals surface area contributed by atoms with Crippen LogP contribution >= 0.6 is 45.2 Å². The van der Waals surface area contributed by atoms with Gasteiger partial charge in [-0.1, -0.05) is 13.3 Å². The topological polar surface area (TPSA) is 22.1 Å². The van der Waals surface area contributed by atoms with Crippen LogP contribution in [0.15, 0.2) is 12.1 Å². The minimum atomic E-state index is 0.798. The van der Waals surface area contributed by atoms with E-state index in [0.29, 0.717) is 0 Å². The number of ether oxygens (including phenoxy) is 1. The van der Waals surface area contributed by atoms with E-state index < -0.39 is 0 Å². The van der Waals surface area contributed by atoms with Crippen LogP contribution in [0.1, 0.15) is 19.8 Å². The average Bonchev–Trinajstić information content (AvgIpc) is 2.03. The van der Waals surface area contributed by atoms with Crippen molar-refractivity contribution in [1.29, 1.82) is 0 Å². The van der Waals surface area contributed by atoms with Gasteiger partial charge < -0.3 is 4.74 Å². The minimum Gasteiger partial charge on any atom is -0.493 e. The van der Waals surface area contributed by atoms with Crippen LogP contribution in [0.4, 0.5) is 0 Å². The molecule has 0 saturated heterocycles. The molecule has 0 aliphatic heterocycles. The molecular weight excluding hydrogens is 392 g/mol. The number of unbranched alkanes of at least 4 members (excludes halogenated alkanes) is 1. The molecule has 0 bridgehead atoms. The summed E-state index contributed by atoms with van der Waals surface area (Å²) in [7, 11) is 0. The molecule has 1 aromatic rings. The first-order valence-corrected chi connectivity index (χ1v) is 6.34. The zero-order valence-corrected chi connectivity index (χ0v) is 11.7. The maximum absolute atomic E-state index is 5.56. The third-order valence-electron chi connectivity index (χ3n) is 1.50. The second-order valence-corrected chi connectivity index (χ2v) is 4.86. The second kappa shape index (κ2) is 6.00. The van der Waals surface area contributed by atoms with Crippen molar-refractivity contribution < 1.29 is 4.74 Å². The van der Waals surface area contributed by atoms with Gasteiger partial charge in [-0.15, -0.1) is 0 Å². The highest BCUT2D eigenvalue weighted by atomic mass is 127. The molecule has 13 heavy (non-hydrogen) atoms. The summed E-state index contributed by atoms with van der Waals surface area (Å²) in [5.41, 5.74) is 0. The Hall–Kier alpha value is 0.410. The molecule has 0 amide bonds. The average molecular weight is 403 g/mol. The van der Waals surface area contributed by atoms with Crippen molar-refractivity contribution in [3.63, 3.8) is 0 Å². The van der Waals surface area contributed by atoms with Gasteiger partial charge in [-0.25, -0.2) is 4.98 Å². The highest BCUT2D eigenvalue weighted by molar-refractivity contribution is 14.1. The van der Waals surface area contributed by atoms with Crippen molar-refractivity contribution in [1.82, 2.24) is 4.98 Å². The number of aromatic nitrogens is 1. The SMILES string of the molecule is CCCCOc1cc(I)nc(I)c1. The van der Waals surface area contributed by atoms with Gasteiger partial charge in [0.25, 0.3) is 0 Å². The summed E-state index contributed by atoms with van der Waals surface area (Å²) in [5.74, 6) is 0.928. The maximum atomic E-state index is 5.56. The van der Waals surface area contributed by atoms with E-state index in [4.69, 9.17) is 4.74 Å². The fourth-order valence-corrected chi connectivity index (χ4v) is 2.46. The highest BCUT2D eigenvalue weighted by Gasteiger charge is 1.98. The number of hydrogen-bond donors (Lipinski definition) is 0. The predicted octanol–water partition coefficient (Wildman–Crippen LogP) is 3.47. The van der Waals surface area contributed by atoms with Crippen molar-refractivity contribution in [3.05, 3.63) is 19.5 Å². The molecule has 0 aromatic carbocycles. The number of hydrogen-bond acceptors (Lipinski definition) is 2. The van der Waals surface area contributed by atoms with E-state index in [1.165, 1.54) is 6.42 Å². The molecule has 0 aliphatic rings. The molecule has 4 heteroatoms. The van der Waals surface area contributed by atoms with Gasteiger partial charge in [-0.2, -0.15) is 0 Å². The lowest BCUT2D eigenvalue weighted by Gasteiger charge is -2.05. The summed E-state index contributed by atoms with van der Waals surface area (Å²) in [4.78, 5) is 4.26. The van der Waals surface area contributed by atoms with Gasteiger partial charge >= 0.3 is 0 Å². The Bertz CT molecular complexity index is 258. The zero-order valence-electron chi connectivity index (χ0n) is 7.39. The first-order chi connectivity index (χ1) is 6.22. The highest BCUT2D eigenvalue weighted by Crippen LogP contribution is 2.17. The van der Waals surface area contributed by atoms with Crippen molar-refractivity contribution >= 4 is 45.2 Å². The van der Waals surface area contributed by atoms with Crippen LogP contribution in [0.5, 0.6) is 5.75 Å². The third kappa shape index (κ3) is 4.44. The molecule has 1 heterocycles. The molecule has 0 atom stereocenters. The summed E-state index contributed by atoms with van der Waals surface area (Å²) >= 11 is 4.39. The molecule has 0 N–H and O–H groups in total. The second-order valence-electron chi connectivity index (χ2n) is 2.65. The molecule has 72 valence electrons. The fourth-order valence-electron chi connectivity index (χ4n) is 0.861. The van der Waals surface area contributed by atoms with Crippen LogP contribution in [0.2, 0.25) is 0 Å². The first kappa shape index (κ1) is 11.5. The quantitative estimate of drug-likeness (QED) is 0.437. The number of rotatable bonds is 4. The number of nitrogens with zero attached hydrogens (tertiary/aromatic N) is 1. The van der Waals surface area contributed by atoms with E-state index in [1.807, 2.05) is 12.1 Å². The normalized spacial score (nSPS) is 10.1. The Kier molecular flexibility index (Phi) is 5.30. The molecule has 0 saturated carbocycles. The monoisotopic (exact) mass is 403 g/mol. The molecular formula is C9H11I2NO.